The zero-order valence-electron chi connectivity index (χ0n) is 12.9. The van der Waals surface area contributed by atoms with Gasteiger partial charge in [-0.2, -0.15) is 5.10 Å². The van der Waals surface area contributed by atoms with Gasteiger partial charge in [-0.15, -0.1) is 0 Å². The first-order chi connectivity index (χ1) is 11.3. The summed E-state index contributed by atoms with van der Waals surface area (Å²) in [5, 5.41) is 5.97. The highest BCUT2D eigenvalue weighted by Crippen LogP contribution is 2.29. The smallest absolute Gasteiger partial charge is 0.150 e. The molecule has 0 saturated carbocycles. The number of nitrogens with zero attached hydrogens (tertiary/aromatic N) is 2. The minimum Gasteiger partial charge on any atom is -0.356 e. The summed E-state index contributed by atoms with van der Waals surface area (Å²) in [5.41, 5.74) is 3.84. The lowest BCUT2D eigenvalue weighted by Crippen LogP contribution is -2.19. The molecule has 1 saturated heterocycles. The molecule has 2 aromatic carbocycles. The zero-order valence-corrected chi connectivity index (χ0v) is 15.1. The third-order valence-electron chi connectivity index (χ3n) is 4.41. The topological polar surface area (TPSA) is 27.1 Å². The third-order valence-corrected chi connectivity index (χ3v) is 5.20. The number of halogens is 1. The van der Waals surface area contributed by atoms with Crippen molar-refractivity contribution in [3.63, 3.8) is 0 Å². The first-order valence-electron chi connectivity index (χ1n) is 8.13. The van der Waals surface area contributed by atoms with Crippen molar-refractivity contribution in [1.29, 1.82) is 0 Å². The monoisotopic (exact) mass is 418 g/mol. The lowest BCUT2D eigenvalue weighted by molar-refractivity contribution is -0.0368. The molecule has 4 rings (SSSR count). The maximum Gasteiger partial charge on any atom is 0.150 e. The quantitative estimate of drug-likeness (QED) is 0.564. The van der Waals surface area contributed by atoms with Crippen molar-refractivity contribution in [2.24, 2.45) is 0 Å². The average molecular weight is 418 g/mol. The average Bonchev–Trinajstić information content (AvgIpc) is 2.93. The maximum atomic E-state index is 5.91. The Morgan fingerprint density at radius 2 is 1.96 bits per heavy atom. The summed E-state index contributed by atoms with van der Waals surface area (Å²) in [6, 6.07) is 17.3. The van der Waals surface area contributed by atoms with Crippen LogP contribution >= 0.6 is 22.6 Å². The highest BCUT2D eigenvalue weighted by atomic mass is 127. The number of hydrogen-bond acceptors (Lipinski definition) is 2. The number of ether oxygens (including phenoxy) is 1. The highest BCUT2D eigenvalue weighted by Gasteiger charge is 2.20. The molecule has 3 nitrogen and oxygen atoms in total. The molecule has 3 aromatic rings. The van der Waals surface area contributed by atoms with Crippen LogP contribution in [0.15, 0.2) is 48.5 Å². The Labute approximate surface area is 149 Å². The van der Waals surface area contributed by atoms with E-state index in [-0.39, 0.29) is 6.23 Å². The summed E-state index contributed by atoms with van der Waals surface area (Å²) in [7, 11) is 0. The summed E-state index contributed by atoms with van der Waals surface area (Å²) in [6.07, 6.45) is 4.48. The fourth-order valence-corrected chi connectivity index (χ4v) is 3.89. The van der Waals surface area contributed by atoms with Crippen molar-refractivity contribution in [2.75, 3.05) is 6.61 Å². The van der Waals surface area contributed by atoms with Crippen molar-refractivity contribution < 1.29 is 4.74 Å². The van der Waals surface area contributed by atoms with E-state index < -0.39 is 0 Å². The van der Waals surface area contributed by atoms with Crippen LogP contribution in [0.2, 0.25) is 0 Å². The number of fused-ring (bicyclic) bond motifs is 1. The molecule has 0 spiro atoms. The fraction of sp³-hybridized carbons (Fsp3) is 0.316. The molecule has 1 aliphatic rings. The fourth-order valence-electron chi connectivity index (χ4n) is 3.23. The molecule has 0 amide bonds. The van der Waals surface area contributed by atoms with Crippen LogP contribution in [-0.4, -0.2) is 16.4 Å². The molecule has 1 aliphatic heterocycles. The molecule has 23 heavy (non-hydrogen) atoms. The third kappa shape index (κ3) is 3.15. The second-order valence-electron chi connectivity index (χ2n) is 6.07. The molecule has 0 radical (unpaired) electrons. The molecule has 0 N–H and O–H groups in total. The molecule has 4 heteroatoms. The molecule has 0 bridgehead atoms. The molecule has 1 aromatic heterocycles. The Bertz CT molecular complexity index is 807. The summed E-state index contributed by atoms with van der Waals surface area (Å²) in [4.78, 5) is 0. The van der Waals surface area contributed by atoms with Crippen LogP contribution in [0.4, 0.5) is 0 Å². The van der Waals surface area contributed by atoms with E-state index in [1.54, 1.807) is 0 Å². The molecular formula is C19H19IN2O. The van der Waals surface area contributed by atoms with Gasteiger partial charge in [-0.3, -0.25) is 0 Å². The van der Waals surface area contributed by atoms with E-state index in [4.69, 9.17) is 9.84 Å². The van der Waals surface area contributed by atoms with E-state index in [9.17, 15) is 0 Å². The summed E-state index contributed by atoms with van der Waals surface area (Å²) < 4.78 is 9.04. The first-order valence-corrected chi connectivity index (χ1v) is 9.21. The second-order valence-corrected chi connectivity index (χ2v) is 7.09. The summed E-state index contributed by atoms with van der Waals surface area (Å²) in [5.74, 6) is 0. The Morgan fingerprint density at radius 3 is 2.74 bits per heavy atom. The largest absolute Gasteiger partial charge is 0.356 e. The molecule has 1 unspecified atom stereocenters. The van der Waals surface area contributed by atoms with Gasteiger partial charge in [-0.05, 0) is 71.5 Å². The van der Waals surface area contributed by atoms with Gasteiger partial charge in [0.15, 0.2) is 6.23 Å². The lowest BCUT2D eigenvalue weighted by Gasteiger charge is -2.23. The van der Waals surface area contributed by atoms with Gasteiger partial charge in [0.05, 0.1) is 5.52 Å². The highest BCUT2D eigenvalue weighted by molar-refractivity contribution is 14.1. The van der Waals surface area contributed by atoms with Crippen LogP contribution in [-0.2, 0) is 11.2 Å². The van der Waals surface area contributed by atoms with Gasteiger partial charge in [-0.1, -0.05) is 36.4 Å². The van der Waals surface area contributed by atoms with Gasteiger partial charge in [-0.25, -0.2) is 4.68 Å². The Hall–Kier alpha value is -1.40. The Balaban J connectivity index is 1.68. The minimum absolute atomic E-state index is 0.0924. The van der Waals surface area contributed by atoms with Crippen LogP contribution in [0, 0.1) is 3.70 Å². The molecule has 1 fully saturated rings. The number of rotatable bonds is 3. The van der Waals surface area contributed by atoms with Crippen LogP contribution < -0.4 is 0 Å². The van der Waals surface area contributed by atoms with Crippen LogP contribution in [0.3, 0.4) is 0 Å². The maximum absolute atomic E-state index is 5.91. The van der Waals surface area contributed by atoms with Gasteiger partial charge < -0.3 is 4.74 Å². The second kappa shape index (κ2) is 6.61. The van der Waals surface area contributed by atoms with Gasteiger partial charge in [0.1, 0.15) is 3.70 Å². The molecule has 2 heterocycles. The van der Waals surface area contributed by atoms with E-state index in [1.165, 1.54) is 28.5 Å². The molecule has 1 atom stereocenters. The summed E-state index contributed by atoms with van der Waals surface area (Å²) in [6.45, 7) is 0.842. The van der Waals surface area contributed by atoms with Crippen LogP contribution in [0.1, 0.15) is 36.6 Å². The van der Waals surface area contributed by atoms with Gasteiger partial charge in [0.25, 0.3) is 0 Å². The predicted molar refractivity (Wildman–Crippen MR) is 101 cm³/mol. The van der Waals surface area contributed by atoms with Gasteiger partial charge in [0.2, 0.25) is 0 Å². The Morgan fingerprint density at radius 1 is 1.09 bits per heavy atom. The van der Waals surface area contributed by atoms with Gasteiger partial charge >= 0.3 is 0 Å². The minimum atomic E-state index is 0.0924. The van der Waals surface area contributed by atoms with Crippen molar-refractivity contribution in [3.8, 4) is 0 Å². The van der Waals surface area contributed by atoms with Crippen molar-refractivity contribution in [1.82, 2.24) is 9.78 Å². The van der Waals surface area contributed by atoms with E-state index in [1.807, 2.05) is 0 Å². The lowest BCUT2D eigenvalue weighted by atomic mass is 10.0. The van der Waals surface area contributed by atoms with Crippen molar-refractivity contribution in [3.05, 3.63) is 63.4 Å². The predicted octanol–water partition coefficient (Wildman–Crippen LogP) is 4.93. The first kappa shape index (κ1) is 15.1. The SMILES string of the molecule is Ic1nn(C2CCCCO2)c2ccc(Cc3ccccc3)cc12. The molecule has 118 valence electrons. The number of aromatic nitrogens is 2. The van der Waals surface area contributed by atoms with Crippen LogP contribution in [0.5, 0.6) is 0 Å². The molecule has 0 aliphatic carbocycles. The normalized spacial score (nSPS) is 18.4. The zero-order chi connectivity index (χ0) is 15.6. The van der Waals surface area contributed by atoms with Crippen molar-refractivity contribution in [2.45, 2.75) is 31.9 Å². The van der Waals surface area contributed by atoms with E-state index in [0.29, 0.717) is 0 Å². The summed E-state index contributed by atoms with van der Waals surface area (Å²) >= 11 is 2.34. The standard InChI is InChI=1S/C19H19IN2O/c20-19-16-13-15(12-14-6-2-1-3-7-14)9-10-17(16)22(21-19)18-8-4-5-11-23-18/h1-3,6-7,9-10,13,18H,4-5,8,11-12H2. The van der Waals surface area contributed by atoms with E-state index in [0.717, 1.165) is 29.6 Å². The number of benzene rings is 2. The van der Waals surface area contributed by atoms with Gasteiger partial charge in [0, 0.05) is 12.0 Å². The number of hydrogen-bond donors (Lipinski definition) is 0. The Kier molecular flexibility index (Phi) is 4.35. The van der Waals surface area contributed by atoms with Crippen molar-refractivity contribution >= 4 is 33.5 Å². The van der Waals surface area contributed by atoms with Crippen LogP contribution in [0.25, 0.3) is 10.9 Å². The van der Waals surface area contributed by atoms with E-state index >= 15 is 0 Å². The molecular weight excluding hydrogens is 399 g/mol. The van der Waals surface area contributed by atoms with E-state index in [2.05, 4.69) is 75.8 Å².